The van der Waals surface area contributed by atoms with Crippen molar-refractivity contribution >= 4 is 17.7 Å². The molecule has 136 valence electrons. The maximum absolute atomic E-state index is 11.8. The summed E-state index contributed by atoms with van der Waals surface area (Å²) in [6.07, 6.45) is 3.62. The fraction of sp³-hybridized carbons (Fsp3) is 0.500. The van der Waals surface area contributed by atoms with Crippen molar-refractivity contribution in [2.24, 2.45) is 5.92 Å². The summed E-state index contributed by atoms with van der Waals surface area (Å²) in [5.41, 5.74) is 0. The number of benzene rings is 1. The van der Waals surface area contributed by atoms with Crippen LogP contribution in [-0.4, -0.2) is 40.1 Å². The molecule has 1 heterocycles. The number of carbonyl (C=O) groups excluding carboxylic acids is 1. The molecule has 25 heavy (non-hydrogen) atoms. The maximum atomic E-state index is 11.8. The molecule has 0 bridgehead atoms. The molecule has 1 N–H and O–H groups in total. The quantitative estimate of drug-likeness (QED) is 0.520. The van der Waals surface area contributed by atoms with E-state index in [0.29, 0.717) is 18.2 Å². The van der Waals surface area contributed by atoms with Crippen LogP contribution in [0, 0.1) is 5.92 Å². The highest BCUT2D eigenvalue weighted by Crippen LogP contribution is 2.16. The second-order valence-corrected chi connectivity index (χ2v) is 6.94. The van der Waals surface area contributed by atoms with Gasteiger partial charge in [0, 0.05) is 19.5 Å². The van der Waals surface area contributed by atoms with Crippen molar-refractivity contribution in [3.8, 4) is 5.75 Å². The molecule has 0 unspecified atom stereocenters. The predicted octanol–water partition coefficient (Wildman–Crippen LogP) is 2.78. The highest BCUT2D eigenvalue weighted by molar-refractivity contribution is 7.98. The molecule has 0 atom stereocenters. The molecule has 0 radical (unpaired) electrons. The van der Waals surface area contributed by atoms with Crippen LogP contribution in [0.15, 0.2) is 35.5 Å². The molecule has 0 aliphatic rings. The van der Waals surface area contributed by atoms with E-state index in [1.165, 1.54) is 0 Å². The van der Waals surface area contributed by atoms with Gasteiger partial charge in [-0.05, 0) is 30.7 Å². The molecule has 6 nitrogen and oxygen atoms in total. The lowest BCUT2D eigenvalue weighted by atomic mass is 10.2. The number of hydrogen-bond acceptors (Lipinski definition) is 5. The lowest BCUT2D eigenvalue weighted by molar-refractivity contribution is -0.123. The van der Waals surface area contributed by atoms with E-state index in [2.05, 4.69) is 33.9 Å². The summed E-state index contributed by atoms with van der Waals surface area (Å²) in [5.74, 6) is 2.10. The Morgan fingerprint density at radius 1 is 1.28 bits per heavy atom. The SMILES string of the molecule is CSc1nnc(CCCNC(=O)COc2ccccc2)n1CC(C)C. The van der Waals surface area contributed by atoms with Gasteiger partial charge in [0.25, 0.3) is 5.91 Å². The van der Waals surface area contributed by atoms with E-state index in [0.717, 1.165) is 30.4 Å². The van der Waals surface area contributed by atoms with Crippen LogP contribution in [0.25, 0.3) is 0 Å². The Morgan fingerprint density at radius 3 is 2.72 bits per heavy atom. The Balaban J connectivity index is 1.72. The molecule has 2 rings (SSSR count). The van der Waals surface area contributed by atoms with Crippen molar-refractivity contribution in [1.29, 1.82) is 0 Å². The van der Waals surface area contributed by atoms with Crippen LogP contribution >= 0.6 is 11.8 Å². The molecule has 0 saturated carbocycles. The standard InChI is InChI=1S/C18H26N4O2S/c1-14(2)12-22-16(20-21-18(22)25-3)10-7-11-19-17(23)13-24-15-8-5-4-6-9-15/h4-6,8-9,14H,7,10-13H2,1-3H3,(H,19,23). The number of carbonyl (C=O) groups is 1. The minimum Gasteiger partial charge on any atom is -0.484 e. The van der Waals surface area contributed by atoms with Crippen LogP contribution < -0.4 is 10.1 Å². The number of amides is 1. The van der Waals surface area contributed by atoms with Gasteiger partial charge in [0.15, 0.2) is 11.8 Å². The number of thioether (sulfide) groups is 1. The topological polar surface area (TPSA) is 69.0 Å². The fourth-order valence-corrected chi connectivity index (χ4v) is 2.92. The van der Waals surface area contributed by atoms with Crippen LogP contribution in [0.5, 0.6) is 5.75 Å². The smallest absolute Gasteiger partial charge is 0.257 e. The average Bonchev–Trinajstić information content (AvgIpc) is 2.99. The van der Waals surface area contributed by atoms with Gasteiger partial charge in [-0.2, -0.15) is 0 Å². The number of hydrogen-bond donors (Lipinski definition) is 1. The third-order valence-corrected chi connectivity index (χ3v) is 4.20. The largest absolute Gasteiger partial charge is 0.484 e. The minimum absolute atomic E-state index is 0.0319. The van der Waals surface area contributed by atoms with Gasteiger partial charge in [-0.1, -0.05) is 43.8 Å². The molecular formula is C18H26N4O2S. The summed E-state index contributed by atoms with van der Waals surface area (Å²) in [4.78, 5) is 11.8. The molecule has 0 saturated heterocycles. The highest BCUT2D eigenvalue weighted by atomic mass is 32.2. The van der Waals surface area contributed by atoms with Gasteiger partial charge in [0.1, 0.15) is 11.6 Å². The molecule has 2 aromatic rings. The van der Waals surface area contributed by atoms with Crippen molar-refractivity contribution in [3.05, 3.63) is 36.2 Å². The van der Waals surface area contributed by atoms with Gasteiger partial charge in [0.05, 0.1) is 0 Å². The van der Waals surface area contributed by atoms with Gasteiger partial charge in [-0.3, -0.25) is 4.79 Å². The van der Waals surface area contributed by atoms with Crippen LogP contribution in [0.3, 0.4) is 0 Å². The zero-order valence-electron chi connectivity index (χ0n) is 15.1. The molecular weight excluding hydrogens is 336 g/mol. The molecule has 0 spiro atoms. The Labute approximate surface area is 153 Å². The lowest BCUT2D eigenvalue weighted by Gasteiger charge is -2.12. The summed E-state index contributed by atoms with van der Waals surface area (Å²) in [5, 5.41) is 12.3. The van der Waals surface area contributed by atoms with Crippen LogP contribution in [0.4, 0.5) is 0 Å². The molecule has 0 fully saturated rings. The number of aryl methyl sites for hydroxylation is 1. The minimum atomic E-state index is -0.114. The van der Waals surface area contributed by atoms with Crippen molar-refractivity contribution < 1.29 is 9.53 Å². The van der Waals surface area contributed by atoms with Crippen molar-refractivity contribution in [2.75, 3.05) is 19.4 Å². The highest BCUT2D eigenvalue weighted by Gasteiger charge is 2.12. The molecule has 1 aromatic carbocycles. The van der Waals surface area contributed by atoms with Gasteiger partial charge in [0.2, 0.25) is 0 Å². The summed E-state index contributed by atoms with van der Waals surface area (Å²) in [6.45, 7) is 5.90. The normalized spacial score (nSPS) is 10.9. The predicted molar refractivity (Wildman–Crippen MR) is 99.9 cm³/mol. The van der Waals surface area contributed by atoms with E-state index >= 15 is 0 Å². The Hall–Kier alpha value is -2.02. The van der Waals surface area contributed by atoms with E-state index in [9.17, 15) is 4.79 Å². The second-order valence-electron chi connectivity index (χ2n) is 6.16. The summed E-state index contributed by atoms with van der Waals surface area (Å²) in [7, 11) is 0. The number of nitrogens with zero attached hydrogens (tertiary/aromatic N) is 3. The number of aromatic nitrogens is 3. The lowest BCUT2D eigenvalue weighted by Crippen LogP contribution is -2.30. The van der Waals surface area contributed by atoms with Gasteiger partial charge < -0.3 is 14.6 Å². The Morgan fingerprint density at radius 2 is 2.04 bits per heavy atom. The number of rotatable bonds is 10. The molecule has 0 aliphatic carbocycles. The molecule has 1 aromatic heterocycles. The van der Waals surface area contributed by atoms with E-state index in [-0.39, 0.29) is 12.5 Å². The Kier molecular flexibility index (Phi) is 7.78. The van der Waals surface area contributed by atoms with E-state index in [1.807, 2.05) is 36.6 Å². The van der Waals surface area contributed by atoms with E-state index in [1.54, 1.807) is 11.8 Å². The zero-order valence-corrected chi connectivity index (χ0v) is 15.9. The van der Waals surface area contributed by atoms with Crippen molar-refractivity contribution in [1.82, 2.24) is 20.1 Å². The van der Waals surface area contributed by atoms with Gasteiger partial charge in [-0.15, -0.1) is 10.2 Å². The zero-order chi connectivity index (χ0) is 18.1. The first-order valence-electron chi connectivity index (χ1n) is 8.50. The summed E-state index contributed by atoms with van der Waals surface area (Å²) in [6, 6.07) is 9.33. The number of ether oxygens (including phenoxy) is 1. The fourth-order valence-electron chi connectivity index (χ4n) is 2.39. The van der Waals surface area contributed by atoms with Crippen molar-refractivity contribution in [3.63, 3.8) is 0 Å². The third kappa shape index (κ3) is 6.42. The average molecular weight is 362 g/mol. The van der Waals surface area contributed by atoms with Crippen LogP contribution in [0.1, 0.15) is 26.1 Å². The summed E-state index contributed by atoms with van der Waals surface area (Å²) < 4.78 is 7.60. The third-order valence-electron chi connectivity index (χ3n) is 3.54. The molecule has 1 amide bonds. The summed E-state index contributed by atoms with van der Waals surface area (Å²) >= 11 is 1.61. The first kappa shape index (κ1) is 19.3. The van der Waals surface area contributed by atoms with Crippen LogP contribution in [-0.2, 0) is 17.8 Å². The molecule has 0 aliphatic heterocycles. The van der Waals surface area contributed by atoms with E-state index < -0.39 is 0 Å². The number of nitrogens with one attached hydrogen (secondary N) is 1. The monoisotopic (exact) mass is 362 g/mol. The number of para-hydroxylation sites is 1. The second kappa shape index (κ2) is 10.1. The van der Waals surface area contributed by atoms with Crippen molar-refractivity contribution in [2.45, 2.75) is 38.4 Å². The van der Waals surface area contributed by atoms with Gasteiger partial charge >= 0.3 is 0 Å². The first-order chi connectivity index (χ1) is 12.1. The Bertz CT molecular complexity index is 658. The van der Waals surface area contributed by atoms with E-state index in [4.69, 9.17) is 4.74 Å². The first-order valence-corrected chi connectivity index (χ1v) is 9.73. The van der Waals surface area contributed by atoms with Crippen LogP contribution in [0.2, 0.25) is 0 Å². The van der Waals surface area contributed by atoms with Gasteiger partial charge in [-0.25, -0.2) is 0 Å². The maximum Gasteiger partial charge on any atom is 0.257 e. The molecule has 7 heteroatoms.